The van der Waals surface area contributed by atoms with E-state index in [2.05, 4.69) is 20.8 Å². The van der Waals surface area contributed by atoms with Gasteiger partial charge < -0.3 is 5.32 Å². The molecule has 0 unspecified atom stereocenters. The smallest absolute Gasteiger partial charge is 0.205 e. The molecule has 0 spiro atoms. The minimum atomic E-state index is 0.619. The minimum Gasteiger partial charge on any atom is -0.356 e. The molecule has 0 amide bonds. The molecule has 6 heteroatoms. The summed E-state index contributed by atoms with van der Waals surface area (Å²) in [5.41, 5.74) is 3.54. The number of hydrogen-bond acceptors (Lipinski definition) is 3. The van der Waals surface area contributed by atoms with Crippen molar-refractivity contribution in [2.24, 2.45) is 17.9 Å². The van der Waals surface area contributed by atoms with Crippen LogP contribution >= 0.6 is 0 Å². The lowest BCUT2D eigenvalue weighted by molar-refractivity contribution is 0.737. The van der Waals surface area contributed by atoms with Gasteiger partial charge in [-0.05, 0) is 13.0 Å². The van der Waals surface area contributed by atoms with Crippen LogP contribution in [0.1, 0.15) is 12.6 Å². The molecule has 1 aromatic rings. The maximum Gasteiger partial charge on any atom is 0.205 e. The molecule has 0 fully saturated rings. The number of aliphatic imine (C=N–C) groups is 1. The Morgan fingerprint density at radius 3 is 3.00 bits per heavy atom. The molecule has 4 N–H and O–H groups in total. The average Bonchev–Trinajstić information content (AvgIpc) is 2.63. The van der Waals surface area contributed by atoms with Crippen molar-refractivity contribution in [2.75, 3.05) is 13.1 Å². The number of guanidine groups is 1. The monoisotopic (exact) mass is 210 g/mol. The Morgan fingerprint density at radius 2 is 2.47 bits per heavy atom. The van der Waals surface area contributed by atoms with Gasteiger partial charge in [0, 0.05) is 32.8 Å². The van der Waals surface area contributed by atoms with Gasteiger partial charge in [0.1, 0.15) is 0 Å². The summed E-state index contributed by atoms with van der Waals surface area (Å²) < 4.78 is 1.78. The first-order chi connectivity index (χ1) is 7.26. The van der Waals surface area contributed by atoms with Crippen LogP contribution in [-0.4, -0.2) is 28.8 Å². The second kappa shape index (κ2) is 6.02. The molecule has 0 saturated carbocycles. The van der Waals surface area contributed by atoms with Crippen LogP contribution in [0.15, 0.2) is 17.3 Å². The van der Waals surface area contributed by atoms with Gasteiger partial charge in [-0.25, -0.2) is 5.84 Å². The summed E-state index contributed by atoms with van der Waals surface area (Å²) in [5.74, 6) is 5.90. The summed E-state index contributed by atoms with van der Waals surface area (Å²) in [4.78, 5) is 4.26. The van der Waals surface area contributed by atoms with E-state index in [0.29, 0.717) is 12.5 Å². The van der Waals surface area contributed by atoms with Gasteiger partial charge in [-0.2, -0.15) is 5.10 Å². The van der Waals surface area contributed by atoms with E-state index in [1.165, 1.54) is 0 Å². The third kappa shape index (κ3) is 3.99. The van der Waals surface area contributed by atoms with Crippen molar-refractivity contribution < 1.29 is 0 Å². The SMILES string of the molecule is CCNC(=NCCc1ccn(C)n1)NN. The van der Waals surface area contributed by atoms with Gasteiger partial charge in [-0.15, -0.1) is 0 Å². The quantitative estimate of drug-likeness (QED) is 0.268. The lowest BCUT2D eigenvalue weighted by Crippen LogP contribution is -2.41. The summed E-state index contributed by atoms with van der Waals surface area (Å²) in [6.07, 6.45) is 2.74. The number of aromatic nitrogens is 2. The standard InChI is InChI=1S/C9H18N6/c1-3-11-9(13-10)12-6-4-8-5-7-15(2)14-8/h5,7H,3-4,6,10H2,1-2H3,(H2,11,12,13). The summed E-state index contributed by atoms with van der Waals surface area (Å²) >= 11 is 0. The highest BCUT2D eigenvalue weighted by molar-refractivity contribution is 5.79. The predicted molar refractivity (Wildman–Crippen MR) is 60.2 cm³/mol. The van der Waals surface area contributed by atoms with E-state index in [9.17, 15) is 0 Å². The molecule has 15 heavy (non-hydrogen) atoms. The number of hydrazine groups is 1. The van der Waals surface area contributed by atoms with Gasteiger partial charge in [-0.1, -0.05) is 0 Å². The van der Waals surface area contributed by atoms with Crippen molar-refractivity contribution in [1.29, 1.82) is 0 Å². The summed E-state index contributed by atoms with van der Waals surface area (Å²) in [5, 5.41) is 7.27. The van der Waals surface area contributed by atoms with Crippen molar-refractivity contribution in [3.8, 4) is 0 Å². The molecule has 0 bridgehead atoms. The van der Waals surface area contributed by atoms with Gasteiger partial charge in [0.25, 0.3) is 0 Å². The van der Waals surface area contributed by atoms with Crippen LogP contribution in [0, 0.1) is 0 Å². The van der Waals surface area contributed by atoms with Crippen molar-refractivity contribution in [2.45, 2.75) is 13.3 Å². The Labute approximate surface area is 89.5 Å². The van der Waals surface area contributed by atoms with E-state index in [-0.39, 0.29) is 0 Å². The third-order valence-electron chi connectivity index (χ3n) is 1.89. The first kappa shape index (κ1) is 11.5. The number of aryl methyl sites for hydroxylation is 1. The van der Waals surface area contributed by atoms with Crippen LogP contribution in [0.3, 0.4) is 0 Å². The van der Waals surface area contributed by atoms with Crippen molar-refractivity contribution in [3.05, 3.63) is 18.0 Å². The van der Waals surface area contributed by atoms with Crippen molar-refractivity contribution in [1.82, 2.24) is 20.5 Å². The average molecular weight is 210 g/mol. The van der Waals surface area contributed by atoms with Crippen molar-refractivity contribution in [3.63, 3.8) is 0 Å². The Kier molecular flexibility index (Phi) is 4.62. The molecule has 1 aromatic heterocycles. The Balaban J connectivity index is 2.36. The highest BCUT2D eigenvalue weighted by Gasteiger charge is 1.96. The van der Waals surface area contributed by atoms with Gasteiger partial charge >= 0.3 is 0 Å². The van der Waals surface area contributed by atoms with Crippen molar-refractivity contribution >= 4 is 5.96 Å². The molecule has 0 aliphatic heterocycles. The Morgan fingerprint density at radius 1 is 1.67 bits per heavy atom. The molecule has 6 nitrogen and oxygen atoms in total. The molecule has 0 aliphatic rings. The molecule has 0 aliphatic carbocycles. The van der Waals surface area contributed by atoms with Crippen LogP contribution in [0.4, 0.5) is 0 Å². The van der Waals surface area contributed by atoms with Gasteiger partial charge in [-0.3, -0.25) is 15.1 Å². The highest BCUT2D eigenvalue weighted by Crippen LogP contribution is 1.95. The van der Waals surface area contributed by atoms with E-state index < -0.39 is 0 Å². The lowest BCUT2D eigenvalue weighted by Gasteiger charge is -2.05. The fourth-order valence-corrected chi connectivity index (χ4v) is 1.20. The van der Waals surface area contributed by atoms with Crippen LogP contribution in [0.25, 0.3) is 0 Å². The number of nitrogens with two attached hydrogens (primary N) is 1. The van der Waals surface area contributed by atoms with Crippen LogP contribution in [0.5, 0.6) is 0 Å². The Bertz CT molecular complexity index is 316. The summed E-state index contributed by atoms with van der Waals surface area (Å²) in [6.45, 7) is 3.46. The third-order valence-corrected chi connectivity index (χ3v) is 1.89. The second-order valence-electron chi connectivity index (χ2n) is 3.14. The Hall–Kier alpha value is -1.56. The van der Waals surface area contributed by atoms with E-state index in [0.717, 1.165) is 18.7 Å². The second-order valence-corrected chi connectivity index (χ2v) is 3.14. The largest absolute Gasteiger partial charge is 0.356 e. The topological polar surface area (TPSA) is 80.3 Å². The minimum absolute atomic E-state index is 0.619. The molecule has 0 atom stereocenters. The zero-order valence-corrected chi connectivity index (χ0v) is 9.20. The normalized spacial score (nSPS) is 11.5. The number of nitrogens with zero attached hydrogens (tertiary/aromatic N) is 3. The number of hydrogen-bond donors (Lipinski definition) is 3. The molecule has 0 saturated heterocycles. The fraction of sp³-hybridized carbons (Fsp3) is 0.556. The lowest BCUT2D eigenvalue weighted by atomic mass is 10.3. The van der Waals surface area contributed by atoms with Gasteiger partial charge in [0.15, 0.2) is 0 Å². The molecule has 1 rings (SSSR count). The molecular weight excluding hydrogens is 192 g/mol. The van der Waals surface area contributed by atoms with E-state index in [4.69, 9.17) is 5.84 Å². The zero-order chi connectivity index (χ0) is 11.1. The maximum atomic E-state index is 5.28. The molecule has 84 valence electrons. The predicted octanol–water partition coefficient (Wildman–Crippen LogP) is -0.609. The number of nitrogens with one attached hydrogen (secondary N) is 2. The van der Waals surface area contributed by atoms with Crippen LogP contribution < -0.4 is 16.6 Å². The fourth-order valence-electron chi connectivity index (χ4n) is 1.20. The number of rotatable bonds is 4. The molecular formula is C9H18N6. The first-order valence-electron chi connectivity index (χ1n) is 4.99. The summed E-state index contributed by atoms with van der Waals surface area (Å²) in [6, 6.07) is 1.98. The van der Waals surface area contributed by atoms with Gasteiger partial charge in [0.2, 0.25) is 5.96 Å². The highest BCUT2D eigenvalue weighted by atomic mass is 15.3. The van der Waals surface area contributed by atoms with E-state index in [1.54, 1.807) is 4.68 Å². The maximum absolute atomic E-state index is 5.28. The van der Waals surface area contributed by atoms with Crippen LogP contribution in [-0.2, 0) is 13.5 Å². The molecule has 0 aromatic carbocycles. The van der Waals surface area contributed by atoms with E-state index >= 15 is 0 Å². The van der Waals surface area contributed by atoms with Gasteiger partial charge in [0.05, 0.1) is 5.69 Å². The molecule has 1 heterocycles. The zero-order valence-electron chi connectivity index (χ0n) is 9.20. The van der Waals surface area contributed by atoms with Crippen LogP contribution in [0.2, 0.25) is 0 Å². The summed E-state index contributed by atoms with van der Waals surface area (Å²) in [7, 11) is 1.90. The van der Waals surface area contributed by atoms with E-state index in [1.807, 2.05) is 26.2 Å². The first-order valence-corrected chi connectivity index (χ1v) is 4.99. The molecule has 0 radical (unpaired) electrons.